The third-order valence-corrected chi connectivity index (χ3v) is 6.96. The first-order valence-electron chi connectivity index (χ1n) is 17.9. The number of nitrogens with zero attached hydrogens (tertiary/aromatic N) is 16. The molecule has 8 aromatic rings. The summed E-state index contributed by atoms with van der Waals surface area (Å²) in [5, 5.41) is 16.6. The second-order valence-corrected chi connectivity index (χ2v) is 11.1. The fourth-order valence-electron chi connectivity index (χ4n) is 4.09. The smallest absolute Gasteiger partial charge is 0.443 e. The molecule has 0 amide bonds. The van der Waals surface area contributed by atoms with Crippen LogP contribution in [0.3, 0.4) is 0 Å². The van der Waals surface area contributed by atoms with Gasteiger partial charge in [0, 0.05) is 99.1 Å². The van der Waals surface area contributed by atoms with Crippen molar-refractivity contribution in [1.82, 2.24) is 39.9 Å². The molecule has 0 bridgehead atoms. The van der Waals surface area contributed by atoms with Crippen molar-refractivity contribution in [3.63, 3.8) is 0 Å². The normalized spacial score (nSPS) is 10.1. The minimum atomic E-state index is 0. The third kappa shape index (κ3) is 21.5. The van der Waals surface area contributed by atoms with Gasteiger partial charge in [0.05, 0.1) is 0 Å². The predicted octanol–water partition coefficient (Wildman–Crippen LogP) is 11.4. The maximum Gasteiger partial charge on any atom is 2.00 e. The summed E-state index contributed by atoms with van der Waals surface area (Å²) >= 11 is 0. The quantitative estimate of drug-likeness (QED) is 0.0651. The van der Waals surface area contributed by atoms with Crippen molar-refractivity contribution in [3.8, 4) is 0 Å². The molecule has 16 nitrogen and oxygen atoms in total. The maximum atomic E-state index is 4.15. The zero-order valence-electron chi connectivity index (χ0n) is 32.8. The van der Waals surface area contributed by atoms with E-state index in [2.05, 4.69) is 81.1 Å². The van der Waals surface area contributed by atoms with Gasteiger partial charge in [-0.3, -0.25) is 39.9 Å². The van der Waals surface area contributed by atoms with Gasteiger partial charge in [-0.15, -0.1) is 0 Å². The molecule has 304 valence electrons. The number of aromatic nitrogens is 8. The van der Waals surface area contributed by atoms with Gasteiger partial charge >= 0.3 is 42.1 Å². The first-order chi connectivity index (χ1) is 29.8. The molecule has 0 saturated heterocycles. The molecule has 0 aromatic carbocycles. The van der Waals surface area contributed by atoms with Crippen LogP contribution in [0.4, 0.5) is 45.5 Å². The van der Waals surface area contributed by atoms with Gasteiger partial charge in [-0.25, -0.2) is 0 Å². The van der Waals surface area contributed by atoms with E-state index in [0.717, 1.165) is 45.5 Å². The molecule has 8 aromatic heterocycles. The van der Waals surface area contributed by atoms with E-state index in [0.29, 0.717) is 0 Å². The second kappa shape index (κ2) is 31.4. The molecule has 0 radical (unpaired) electrons. The zero-order valence-corrected chi connectivity index (χ0v) is 36.8. The van der Waals surface area contributed by atoms with Crippen molar-refractivity contribution < 1.29 is 42.1 Å². The number of hydrogen-bond acceptors (Lipinski definition) is 12. The Labute approximate surface area is 388 Å². The summed E-state index contributed by atoms with van der Waals surface area (Å²) in [6.07, 6.45) is 33.2. The van der Waals surface area contributed by atoms with Crippen molar-refractivity contribution in [2.75, 3.05) is 0 Å². The minimum Gasteiger partial charge on any atom is -0.443 e. The van der Waals surface area contributed by atoms with E-state index in [1.165, 1.54) is 25.4 Å². The van der Waals surface area contributed by atoms with E-state index in [4.69, 9.17) is 0 Å². The molecule has 0 fully saturated rings. The van der Waals surface area contributed by atoms with Crippen LogP contribution in [0.2, 0.25) is 0 Å². The molecular weight excluding hydrogens is 944 g/mol. The van der Waals surface area contributed by atoms with Gasteiger partial charge in [-0.2, -0.15) is 0 Å². The maximum absolute atomic E-state index is 4.15. The standard InChI is InChI=1S/4C11H9N4.2Mo/c4*1-5-12-6-2-10(1)14-9-15-11-3-7-13-8-4-11;;/h4*1-9H;;/q4*-1;2*+2. The molecule has 18 heteroatoms. The minimum absolute atomic E-state index is 0. The van der Waals surface area contributed by atoms with E-state index in [9.17, 15) is 0 Å². The number of rotatable bonds is 12. The average Bonchev–Trinajstić information content (AvgIpc) is 3.33. The molecule has 0 aliphatic heterocycles. The monoisotopic (exact) mass is 984 g/mol. The second-order valence-electron chi connectivity index (χ2n) is 11.1. The Morgan fingerprint density at radius 3 is 0.548 bits per heavy atom. The van der Waals surface area contributed by atoms with Crippen LogP contribution in [0.15, 0.2) is 216 Å². The van der Waals surface area contributed by atoms with Crippen LogP contribution in [0, 0.1) is 0 Å². The fraction of sp³-hybridized carbons (Fsp3) is 0. The van der Waals surface area contributed by atoms with Crippen LogP contribution in [0.5, 0.6) is 0 Å². The summed E-state index contributed by atoms with van der Waals surface area (Å²) in [7, 11) is 0. The topological polar surface area (TPSA) is 209 Å². The van der Waals surface area contributed by atoms with Crippen LogP contribution in [0.25, 0.3) is 21.3 Å². The van der Waals surface area contributed by atoms with Crippen molar-refractivity contribution >= 4 is 70.9 Å². The van der Waals surface area contributed by atoms with E-state index in [1.54, 1.807) is 99.1 Å². The van der Waals surface area contributed by atoms with Crippen LogP contribution in [-0.4, -0.2) is 65.2 Å². The fourth-order valence-corrected chi connectivity index (χ4v) is 4.09. The van der Waals surface area contributed by atoms with Crippen molar-refractivity contribution in [2.24, 2.45) is 20.0 Å². The van der Waals surface area contributed by atoms with Gasteiger partial charge in [0.15, 0.2) is 0 Å². The first-order valence-corrected chi connectivity index (χ1v) is 17.9. The molecule has 0 N–H and O–H groups in total. The summed E-state index contributed by atoms with van der Waals surface area (Å²) in [5.41, 5.74) is 6.69. The summed E-state index contributed by atoms with van der Waals surface area (Å²) < 4.78 is 0. The molecule has 8 rings (SSSR count). The van der Waals surface area contributed by atoms with E-state index >= 15 is 0 Å². The SMILES string of the molecule is C(=Nc1ccncc1)[N-]c1ccncc1.C(=Nc1ccncc1)[N-]c1ccncc1.C(=Nc1ccncc1)[N-]c1ccncc1.C(=Nc1ccncc1)[N-]c1ccncc1.[Mo+2].[Mo+2]. The largest absolute Gasteiger partial charge is 2.00 e. The van der Waals surface area contributed by atoms with Crippen LogP contribution in [0.1, 0.15) is 0 Å². The predicted molar refractivity (Wildman–Crippen MR) is 239 cm³/mol. The Kier molecular flexibility index (Phi) is 24.7. The van der Waals surface area contributed by atoms with Crippen LogP contribution in [-0.2, 0) is 42.1 Å². The summed E-state index contributed by atoms with van der Waals surface area (Å²) in [6.45, 7) is 0. The molecule has 0 spiro atoms. The third-order valence-electron chi connectivity index (χ3n) is 6.96. The van der Waals surface area contributed by atoms with E-state index in [1.807, 2.05) is 97.1 Å². The number of hydrogen-bond donors (Lipinski definition) is 0. The zero-order chi connectivity index (χ0) is 41.4. The Morgan fingerprint density at radius 1 is 0.242 bits per heavy atom. The molecule has 0 aliphatic carbocycles. The average molecular weight is 981 g/mol. The molecule has 0 saturated carbocycles. The van der Waals surface area contributed by atoms with Crippen LogP contribution >= 0.6 is 0 Å². The summed E-state index contributed by atoms with van der Waals surface area (Å²) in [6, 6.07) is 29.1. The molecule has 0 atom stereocenters. The Hall–Kier alpha value is -7.54. The molecule has 0 aliphatic rings. The molecule has 8 heterocycles. The van der Waals surface area contributed by atoms with Gasteiger partial charge in [-0.05, 0) is 143 Å². The number of pyridine rings is 8. The van der Waals surface area contributed by atoms with E-state index < -0.39 is 0 Å². The Morgan fingerprint density at radius 2 is 0.387 bits per heavy atom. The molecular formula is C44H36Mo2N16. The first kappa shape index (κ1) is 48.8. The van der Waals surface area contributed by atoms with Gasteiger partial charge in [0.2, 0.25) is 0 Å². The molecule has 62 heavy (non-hydrogen) atoms. The van der Waals surface area contributed by atoms with Gasteiger partial charge in [0.25, 0.3) is 0 Å². The summed E-state index contributed by atoms with van der Waals surface area (Å²) in [4.78, 5) is 47.8. The van der Waals surface area contributed by atoms with Gasteiger partial charge in [0.1, 0.15) is 0 Å². The van der Waals surface area contributed by atoms with Gasteiger partial charge in [-0.1, -0.05) is 25.4 Å². The number of aliphatic imine (C=N–C) groups is 4. The van der Waals surface area contributed by atoms with E-state index in [-0.39, 0.29) is 42.1 Å². The van der Waals surface area contributed by atoms with Crippen LogP contribution < -0.4 is 0 Å². The molecule has 0 unspecified atom stereocenters. The van der Waals surface area contributed by atoms with Gasteiger partial charge < -0.3 is 41.2 Å². The van der Waals surface area contributed by atoms with Crippen molar-refractivity contribution in [1.29, 1.82) is 0 Å². The Balaban J connectivity index is 0.000000218. The Bertz CT molecular complexity index is 2060. The van der Waals surface area contributed by atoms with Crippen molar-refractivity contribution in [3.05, 3.63) is 217 Å². The van der Waals surface area contributed by atoms with Crippen molar-refractivity contribution in [2.45, 2.75) is 0 Å². The summed E-state index contributed by atoms with van der Waals surface area (Å²) in [5.74, 6) is 0.